The Morgan fingerprint density at radius 2 is 0.909 bits per heavy atom. The van der Waals surface area contributed by atoms with Crippen molar-refractivity contribution in [2.75, 3.05) is 0 Å². The second kappa shape index (κ2) is 24.7. The summed E-state index contributed by atoms with van der Waals surface area (Å²) in [5.41, 5.74) is 5.59. The van der Waals surface area contributed by atoms with Gasteiger partial charge in [-0.2, -0.15) is 0 Å². The monoisotopic (exact) mass is 608 g/mol. The molecule has 0 bridgehead atoms. The molecular formula is C32H32O12. The van der Waals surface area contributed by atoms with Crippen molar-refractivity contribution in [3.8, 4) is 11.5 Å². The Hall–Kier alpha value is -6.04. The molecule has 0 aliphatic rings. The number of aromatic carboxylic acids is 2. The summed E-state index contributed by atoms with van der Waals surface area (Å²) in [4.78, 5) is 68.5. The summed E-state index contributed by atoms with van der Waals surface area (Å²) in [7, 11) is 0. The molecule has 2 N–H and O–H groups in total. The largest absolute Gasteiger partial charge is 0.478 e. The lowest BCUT2D eigenvalue weighted by Gasteiger charge is -1.97. The van der Waals surface area contributed by atoms with Gasteiger partial charge < -0.3 is 19.7 Å². The first-order valence-electron chi connectivity index (χ1n) is 12.3. The lowest BCUT2D eigenvalue weighted by molar-refractivity contribution is -0.121. The first-order chi connectivity index (χ1) is 21.0. The zero-order chi connectivity index (χ0) is 33.9. The molecule has 232 valence electrons. The van der Waals surface area contributed by atoms with Crippen LogP contribution in [0, 0.1) is 47.6 Å². The number of carbonyl (C=O) groups is 4. The van der Waals surface area contributed by atoms with Crippen LogP contribution >= 0.6 is 0 Å². The quantitative estimate of drug-likeness (QED) is 0.223. The van der Waals surface area contributed by atoms with Gasteiger partial charge in [0, 0.05) is 19.9 Å². The molecule has 0 saturated carbocycles. The molecule has 0 aliphatic heterocycles. The van der Waals surface area contributed by atoms with E-state index in [0.29, 0.717) is 5.75 Å². The fourth-order valence-electron chi connectivity index (χ4n) is 2.93. The van der Waals surface area contributed by atoms with Gasteiger partial charge in [0.25, 0.3) is 12.9 Å². The van der Waals surface area contributed by atoms with Crippen molar-refractivity contribution in [2.45, 2.75) is 27.7 Å². The van der Waals surface area contributed by atoms with Gasteiger partial charge in [-0.05, 0) is 70.2 Å². The lowest BCUT2D eigenvalue weighted by Crippen LogP contribution is -1.96. The molecule has 0 amide bonds. The van der Waals surface area contributed by atoms with E-state index in [1.54, 1.807) is 0 Å². The molecule has 0 fully saturated rings. The second-order valence-electron chi connectivity index (χ2n) is 8.40. The average Bonchev–Trinajstić information content (AvgIpc) is 3.02. The van der Waals surface area contributed by atoms with Crippen molar-refractivity contribution in [1.82, 2.24) is 0 Å². The molecule has 0 heterocycles. The Labute approximate surface area is 253 Å². The number of hydrogen-bond donors (Lipinski definition) is 2. The highest BCUT2D eigenvalue weighted by atomic mass is 16.7. The number of carboxylic acid groups (broad SMARTS) is 2. The molecule has 4 aromatic rings. The van der Waals surface area contributed by atoms with Gasteiger partial charge in [-0.25, -0.2) is 9.59 Å². The zero-order valence-corrected chi connectivity index (χ0v) is 24.4. The van der Waals surface area contributed by atoms with Crippen LogP contribution in [0.25, 0.3) is 0 Å². The molecule has 4 aromatic carbocycles. The Bertz CT molecular complexity index is 1360. The fourth-order valence-corrected chi connectivity index (χ4v) is 2.93. The SMILES string of the molecule is Cc1ccc(C)cc1.Cc1cccc(C)c1.O=COc1ccc(C(=O)O)cc1.O=COc1cccc(C(=O)O)c1.O=O.O=O. The number of hydrogen-bond acceptors (Lipinski definition) is 10. The van der Waals surface area contributed by atoms with Crippen LogP contribution in [-0.2, 0) is 9.59 Å². The number of ether oxygens (including phenoxy) is 2. The van der Waals surface area contributed by atoms with Gasteiger partial charge in [0.2, 0.25) is 0 Å². The van der Waals surface area contributed by atoms with Gasteiger partial charge >= 0.3 is 11.9 Å². The molecule has 12 heteroatoms. The highest BCUT2D eigenvalue weighted by Crippen LogP contribution is 2.12. The smallest absolute Gasteiger partial charge is 0.335 e. The molecule has 0 saturated heterocycles. The Morgan fingerprint density at radius 3 is 1.27 bits per heavy atom. The van der Waals surface area contributed by atoms with E-state index in [4.69, 9.17) is 30.1 Å². The van der Waals surface area contributed by atoms with Crippen LogP contribution in [0.15, 0.2) is 97.1 Å². The van der Waals surface area contributed by atoms with Gasteiger partial charge in [-0.1, -0.05) is 76.9 Å². The van der Waals surface area contributed by atoms with Gasteiger partial charge in [-0.15, -0.1) is 0 Å². The minimum absolute atomic E-state index is 0.0920. The summed E-state index contributed by atoms with van der Waals surface area (Å²) < 4.78 is 8.92. The second-order valence-corrected chi connectivity index (χ2v) is 8.40. The van der Waals surface area contributed by atoms with Crippen molar-refractivity contribution in [1.29, 1.82) is 0 Å². The summed E-state index contributed by atoms with van der Waals surface area (Å²) >= 11 is 0. The summed E-state index contributed by atoms with van der Waals surface area (Å²) in [6, 6.07) is 28.2. The highest BCUT2D eigenvalue weighted by Gasteiger charge is 2.03. The third-order valence-corrected chi connectivity index (χ3v) is 4.94. The van der Waals surface area contributed by atoms with Crippen molar-refractivity contribution < 1.29 is 38.9 Å². The van der Waals surface area contributed by atoms with E-state index in [0.717, 1.165) is 0 Å². The zero-order valence-electron chi connectivity index (χ0n) is 24.4. The number of carboxylic acids is 2. The number of rotatable bonds is 6. The molecule has 0 atom stereocenters. The maximum atomic E-state index is 10.4. The number of aryl methyl sites for hydroxylation is 4. The lowest BCUT2D eigenvalue weighted by atomic mass is 10.2. The molecule has 0 radical (unpaired) electrons. The third kappa shape index (κ3) is 19.1. The van der Waals surface area contributed by atoms with Crippen LogP contribution in [0.1, 0.15) is 43.0 Å². The predicted molar refractivity (Wildman–Crippen MR) is 165 cm³/mol. The van der Waals surface area contributed by atoms with Gasteiger partial charge in [0.15, 0.2) is 0 Å². The Morgan fingerprint density at radius 1 is 0.500 bits per heavy atom. The van der Waals surface area contributed by atoms with Crippen molar-refractivity contribution in [3.63, 3.8) is 0 Å². The fraction of sp³-hybridized carbons (Fsp3) is 0.125. The normalized spacial score (nSPS) is 8.45. The van der Waals surface area contributed by atoms with E-state index >= 15 is 0 Å². The molecule has 0 aromatic heterocycles. The van der Waals surface area contributed by atoms with E-state index in [9.17, 15) is 19.2 Å². The summed E-state index contributed by atoms with van der Waals surface area (Å²) in [5, 5.41) is 17.0. The summed E-state index contributed by atoms with van der Waals surface area (Å²) in [6.07, 6.45) is 0. The summed E-state index contributed by atoms with van der Waals surface area (Å²) in [6.45, 7) is 8.94. The van der Waals surface area contributed by atoms with Crippen LogP contribution in [0.2, 0.25) is 0 Å². The van der Waals surface area contributed by atoms with Gasteiger partial charge in [-0.3, -0.25) is 9.59 Å². The maximum absolute atomic E-state index is 10.4. The van der Waals surface area contributed by atoms with Gasteiger partial charge in [0.05, 0.1) is 11.1 Å². The molecule has 0 unspecified atom stereocenters. The third-order valence-electron chi connectivity index (χ3n) is 4.94. The average molecular weight is 609 g/mol. The molecule has 44 heavy (non-hydrogen) atoms. The maximum Gasteiger partial charge on any atom is 0.335 e. The van der Waals surface area contributed by atoms with Crippen LogP contribution < -0.4 is 9.47 Å². The molecule has 12 nitrogen and oxygen atoms in total. The Balaban J connectivity index is 0. The molecule has 4 rings (SSSR count). The molecular weight excluding hydrogens is 576 g/mol. The minimum atomic E-state index is -1.05. The van der Waals surface area contributed by atoms with Crippen molar-refractivity contribution in [3.05, 3.63) is 150 Å². The Kier molecular flexibility index (Phi) is 22.5. The van der Waals surface area contributed by atoms with Crippen LogP contribution in [0.3, 0.4) is 0 Å². The van der Waals surface area contributed by atoms with E-state index in [1.807, 2.05) is 0 Å². The van der Waals surface area contributed by atoms with Crippen molar-refractivity contribution in [2.24, 2.45) is 0 Å². The number of carbonyl (C=O) groups excluding carboxylic acids is 2. The van der Waals surface area contributed by atoms with Crippen LogP contribution in [0.5, 0.6) is 11.5 Å². The van der Waals surface area contributed by atoms with E-state index in [1.165, 1.54) is 70.8 Å². The van der Waals surface area contributed by atoms with Crippen LogP contribution in [0.4, 0.5) is 0 Å². The highest BCUT2D eigenvalue weighted by molar-refractivity contribution is 5.88. The van der Waals surface area contributed by atoms with Crippen molar-refractivity contribution >= 4 is 24.9 Å². The first-order valence-corrected chi connectivity index (χ1v) is 12.3. The minimum Gasteiger partial charge on any atom is -0.478 e. The standard InChI is InChI=1S/2C8H6O4.2C8H10.2O2/c9-5-12-7-3-1-6(2-4-7)8(10)11;9-5-12-7-3-1-2-6(4-7)8(10)11;1-7-3-5-8(2)6-4-7;1-7-4-3-5-8(2)6-7;2*1-2/h2*1-5H,(H,10,11);2*3-6H,1-2H3;;. The van der Waals surface area contributed by atoms with E-state index < -0.39 is 11.9 Å². The molecule has 0 aliphatic carbocycles. The van der Waals surface area contributed by atoms with Crippen LogP contribution in [-0.4, -0.2) is 35.1 Å². The number of benzene rings is 4. The van der Waals surface area contributed by atoms with Gasteiger partial charge in [0.1, 0.15) is 11.5 Å². The predicted octanol–water partition coefficient (Wildman–Crippen LogP) is 6.58. The van der Waals surface area contributed by atoms with E-state index in [-0.39, 0.29) is 29.8 Å². The van der Waals surface area contributed by atoms with E-state index in [2.05, 4.69) is 85.7 Å². The topological polar surface area (TPSA) is 195 Å². The molecule has 0 spiro atoms. The summed E-state index contributed by atoms with van der Waals surface area (Å²) in [5.74, 6) is -1.50. The first kappa shape index (κ1) is 40.1.